The van der Waals surface area contributed by atoms with E-state index in [0.29, 0.717) is 6.61 Å². The Hall–Kier alpha value is -1.05. The Balaban J connectivity index is 3.28. The maximum atomic E-state index is 11.4. The number of carbonyl (C=O) groups excluding carboxylic acids is 1. The fourth-order valence-electron chi connectivity index (χ4n) is 2.01. The number of unbranched alkanes of at least 4 members (excludes halogenated alkanes) is 9. The van der Waals surface area contributed by atoms with Gasteiger partial charge in [0.05, 0.1) is 6.61 Å². The van der Waals surface area contributed by atoms with E-state index in [1.165, 1.54) is 44.9 Å². The lowest BCUT2D eigenvalue weighted by Crippen LogP contribution is -2.02. The van der Waals surface area contributed by atoms with Crippen molar-refractivity contribution >= 4 is 5.97 Å². The summed E-state index contributed by atoms with van der Waals surface area (Å²) < 4.78 is 5.15. The molecule has 0 rings (SSSR count). The number of ether oxygens (including phenoxy) is 1. The first-order chi connectivity index (χ1) is 9.81. The van der Waals surface area contributed by atoms with Crippen LogP contribution in [0.3, 0.4) is 0 Å². The number of rotatable bonds is 14. The molecule has 116 valence electrons. The molecule has 0 aromatic carbocycles. The van der Waals surface area contributed by atoms with E-state index in [1.54, 1.807) is 6.08 Å². The molecule has 0 fully saturated rings. The molecule has 0 aliphatic carbocycles. The minimum Gasteiger partial charge on any atom is -0.463 e. The topological polar surface area (TPSA) is 26.3 Å². The first-order valence-electron chi connectivity index (χ1n) is 8.25. The minimum absolute atomic E-state index is 0.190. The van der Waals surface area contributed by atoms with Crippen molar-refractivity contribution in [1.82, 2.24) is 0 Å². The number of allylic oxidation sites excluding steroid dienone is 2. The molecule has 0 aliphatic rings. The minimum atomic E-state index is -0.190. The van der Waals surface area contributed by atoms with Gasteiger partial charge in [-0.15, -0.1) is 6.58 Å². The largest absolute Gasteiger partial charge is 0.463 e. The van der Waals surface area contributed by atoms with Crippen molar-refractivity contribution < 1.29 is 9.53 Å². The highest BCUT2D eigenvalue weighted by atomic mass is 16.5. The summed E-state index contributed by atoms with van der Waals surface area (Å²) in [5, 5.41) is 0. The standard InChI is InChI=1S/C18H32O2/c1-3-5-7-9-11-12-14-16-18(19)20-17-15-13-10-8-6-4-2/h4,14,16H,2-3,5-13,15,17H2,1H3. The van der Waals surface area contributed by atoms with Gasteiger partial charge in [-0.2, -0.15) is 0 Å². The fraction of sp³-hybridized carbons (Fsp3) is 0.722. The summed E-state index contributed by atoms with van der Waals surface area (Å²) in [4.78, 5) is 11.4. The molecule has 0 atom stereocenters. The van der Waals surface area contributed by atoms with E-state index < -0.39 is 0 Å². The van der Waals surface area contributed by atoms with Crippen LogP contribution in [0.15, 0.2) is 24.8 Å². The van der Waals surface area contributed by atoms with Gasteiger partial charge in [0.2, 0.25) is 0 Å². The van der Waals surface area contributed by atoms with E-state index >= 15 is 0 Å². The fourth-order valence-corrected chi connectivity index (χ4v) is 2.01. The molecule has 20 heavy (non-hydrogen) atoms. The Bertz CT molecular complexity index is 256. The molecule has 0 spiro atoms. The molecule has 0 saturated carbocycles. The molecule has 2 nitrogen and oxygen atoms in total. The van der Waals surface area contributed by atoms with E-state index in [-0.39, 0.29) is 5.97 Å². The second kappa shape index (κ2) is 16.0. The third kappa shape index (κ3) is 15.0. The van der Waals surface area contributed by atoms with Gasteiger partial charge in [0.15, 0.2) is 0 Å². The molecule has 0 heterocycles. The van der Waals surface area contributed by atoms with Crippen LogP contribution in [-0.4, -0.2) is 12.6 Å². The van der Waals surface area contributed by atoms with Gasteiger partial charge in [-0.05, 0) is 32.1 Å². The Kier molecular flexibility index (Phi) is 15.2. The summed E-state index contributed by atoms with van der Waals surface area (Å²) in [7, 11) is 0. The first-order valence-corrected chi connectivity index (χ1v) is 8.25. The van der Waals surface area contributed by atoms with Crippen LogP contribution in [0, 0.1) is 0 Å². The number of esters is 1. The normalized spacial score (nSPS) is 10.8. The molecule has 0 amide bonds. The highest BCUT2D eigenvalue weighted by Gasteiger charge is 1.96. The van der Waals surface area contributed by atoms with Gasteiger partial charge in [-0.3, -0.25) is 0 Å². The third-order valence-corrected chi connectivity index (χ3v) is 3.28. The lowest BCUT2D eigenvalue weighted by atomic mass is 10.1. The monoisotopic (exact) mass is 280 g/mol. The highest BCUT2D eigenvalue weighted by molar-refractivity contribution is 5.81. The van der Waals surface area contributed by atoms with Gasteiger partial charge in [-0.1, -0.05) is 57.6 Å². The molecular weight excluding hydrogens is 248 g/mol. The average molecular weight is 280 g/mol. The lowest BCUT2D eigenvalue weighted by molar-refractivity contribution is -0.137. The van der Waals surface area contributed by atoms with E-state index in [2.05, 4.69) is 13.5 Å². The second-order valence-corrected chi connectivity index (χ2v) is 5.26. The Morgan fingerprint density at radius 2 is 1.60 bits per heavy atom. The van der Waals surface area contributed by atoms with Crippen molar-refractivity contribution in [3.8, 4) is 0 Å². The highest BCUT2D eigenvalue weighted by Crippen LogP contribution is 2.06. The maximum Gasteiger partial charge on any atom is 0.330 e. The Morgan fingerprint density at radius 3 is 2.30 bits per heavy atom. The molecule has 0 radical (unpaired) electrons. The van der Waals surface area contributed by atoms with E-state index in [9.17, 15) is 4.79 Å². The van der Waals surface area contributed by atoms with Crippen molar-refractivity contribution in [2.24, 2.45) is 0 Å². The molecular formula is C18H32O2. The Labute approximate surface area is 125 Å². The predicted molar refractivity (Wildman–Crippen MR) is 86.8 cm³/mol. The zero-order chi connectivity index (χ0) is 14.9. The molecule has 0 N–H and O–H groups in total. The second-order valence-electron chi connectivity index (χ2n) is 5.26. The quantitative estimate of drug-likeness (QED) is 0.180. The summed E-state index contributed by atoms with van der Waals surface area (Å²) >= 11 is 0. The van der Waals surface area contributed by atoms with Crippen LogP contribution in [0.2, 0.25) is 0 Å². The van der Waals surface area contributed by atoms with E-state index in [1.807, 2.05) is 12.2 Å². The van der Waals surface area contributed by atoms with Crippen LogP contribution < -0.4 is 0 Å². The summed E-state index contributed by atoms with van der Waals surface area (Å²) in [5.41, 5.74) is 0. The number of hydrogen-bond acceptors (Lipinski definition) is 2. The van der Waals surface area contributed by atoms with Crippen molar-refractivity contribution in [3.05, 3.63) is 24.8 Å². The molecule has 0 saturated heterocycles. The first kappa shape index (κ1) is 18.9. The van der Waals surface area contributed by atoms with Gasteiger partial charge < -0.3 is 4.74 Å². The SMILES string of the molecule is C=CCCCCCCOC(=O)C=CCCCCCCC. The van der Waals surface area contributed by atoms with Gasteiger partial charge in [-0.25, -0.2) is 4.79 Å². The maximum absolute atomic E-state index is 11.4. The zero-order valence-corrected chi connectivity index (χ0v) is 13.2. The van der Waals surface area contributed by atoms with Gasteiger partial charge >= 0.3 is 5.97 Å². The predicted octanol–water partition coefficient (Wildman–Crippen LogP) is 5.58. The van der Waals surface area contributed by atoms with Crippen LogP contribution >= 0.6 is 0 Å². The molecule has 0 aromatic rings. The zero-order valence-electron chi connectivity index (χ0n) is 13.2. The number of hydrogen-bond donors (Lipinski definition) is 0. The smallest absolute Gasteiger partial charge is 0.330 e. The summed E-state index contributed by atoms with van der Waals surface area (Å²) in [6.07, 6.45) is 18.4. The van der Waals surface area contributed by atoms with Gasteiger partial charge in [0, 0.05) is 6.08 Å². The van der Waals surface area contributed by atoms with Crippen molar-refractivity contribution in [2.45, 2.75) is 77.6 Å². The van der Waals surface area contributed by atoms with Crippen molar-refractivity contribution in [1.29, 1.82) is 0 Å². The van der Waals surface area contributed by atoms with Crippen LogP contribution in [0.4, 0.5) is 0 Å². The van der Waals surface area contributed by atoms with Crippen LogP contribution in [-0.2, 0) is 9.53 Å². The average Bonchev–Trinajstić information content (AvgIpc) is 2.45. The summed E-state index contributed by atoms with van der Waals surface area (Å²) in [6.45, 7) is 6.46. The Morgan fingerprint density at radius 1 is 0.950 bits per heavy atom. The van der Waals surface area contributed by atoms with Crippen LogP contribution in [0.1, 0.15) is 77.6 Å². The molecule has 0 aromatic heterocycles. The summed E-state index contributed by atoms with van der Waals surface area (Å²) in [5.74, 6) is -0.190. The van der Waals surface area contributed by atoms with Crippen molar-refractivity contribution in [3.63, 3.8) is 0 Å². The molecule has 0 bridgehead atoms. The van der Waals surface area contributed by atoms with E-state index in [0.717, 1.165) is 25.7 Å². The molecule has 0 aliphatic heterocycles. The van der Waals surface area contributed by atoms with Gasteiger partial charge in [0.1, 0.15) is 0 Å². The third-order valence-electron chi connectivity index (χ3n) is 3.28. The van der Waals surface area contributed by atoms with Crippen LogP contribution in [0.25, 0.3) is 0 Å². The lowest BCUT2D eigenvalue weighted by Gasteiger charge is -2.01. The van der Waals surface area contributed by atoms with Crippen LogP contribution in [0.5, 0.6) is 0 Å². The van der Waals surface area contributed by atoms with E-state index in [4.69, 9.17) is 4.74 Å². The molecule has 0 unspecified atom stereocenters. The molecule has 2 heteroatoms. The van der Waals surface area contributed by atoms with Crippen molar-refractivity contribution in [2.75, 3.05) is 6.61 Å². The number of carbonyl (C=O) groups is 1. The van der Waals surface area contributed by atoms with Gasteiger partial charge in [0.25, 0.3) is 0 Å². The summed E-state index contributed by atoms with van der Waals surface area (Å²) in [6, 6.07) is 0.